The Morgan fingerprint density at radius 2 is 1.38 bits per heavy atom. The molecule has 0 spiro atoms. The third-order valence-corrected chi connectivity index (χ3v) is 2.75. The van der Waals surface area contributed by atoms with Gasteiger partial charge in [-0.05, 0) is 0 Å². The van der Waals surface area contributed by atoms with Crippen LogP contribution in [0.4, 0.5) is 0 Å². The summed E-state index contributed by atoms with van der Waals surface area (Å²) in [5.41, 5.74) is 2.63. The Kier molecular flexibility index (Phi) is 2.84. The van der Waals surface area contributed by atoms with Crippen molar-refractivity contribution in [3.8, 4) is 11.1 Å². The van der Waals surface area contributed by atoms with Crippen molar-refractivity contribution in [3.05, 3.63) is 54.6 Å². The van der Waals surface area contributed by atoms with Crippen LogP contribution in [0, 0.1) is 0 Å². The summed E-state index contributed by atoms with van der Waals surface area (Å²) < 4.78 is 1.45. The summed E-state index contributed by atoms with van der Waals surface area (Å²) in [4.78, 5) is 0. The molecular weight excluding hydrogens is 167 g/mol. The van der Waals surface area contributed by atoms with Crippen molar-refractivity contribution in [1.82, 2.24) is 0 Å². The zero-order chi connectivity index (χ0) is 9.10. The summed E-state index contributed by atoms with van der Waals surface area (Å²) in [7, 11) is 0. The fraction of sp³-hybridized carbons (Fsp3) is 0. The molecule has 2 rings (SSSR count). The molecule has 13 heavy (non-hydrogen) atoms. The van der Waals surface area contributed by atoms with Gasteiger partial charge in [0.05, 0.1) is 0 Å². The minimum absolute atomic E-state index is 1.12. The second-order valence-corrected chi connectivity index (χ2v) is 4.39. The van der Waals surface area contributed by atoms with Crippen molar-refractivity contribution < 1.29 is 0 Å². The first-order chi connectivity index (χ1) is 6.36. The van der Waals surface area contributed by atoms with Gasteiger partial charge in [-0.25, -0.2) is 0 Å². The van der Waals surface area contributed by atoms with E-state index in [4.69, 9.17) is 0 Å². The van der Waals surface area contributed by atoms with Gasteiger partial charge in [-0.15, -0.1) is 0 Å². The Morgan fingerprint density at radius 1 is 0.692 bits per heavy atom. The van der Waals surface area contributed by atoms with Crippen LogP contribution in [0.25, 0.3) is 11.1 Å². The van der Waals surface area contributed by atoms with E-state index in [2.05, 4.69) is 48.5 Å². The van der Waals surface area contributed by atoms with Crippen molar-refractivity contribution in [3.63, 3.8) is 0 Å². The van der Waals surface area contributed by atoms with Gasteiger partial charge in [0.1, 0.15) is 0 Å². The molecule has 0 unspecified atom stereocenters. The zero-order valence-corrected chi connectivity index (χ0v) is 9.70. The van der Waals surface area contributed by atoms with E-state index in [1.807, 2.05) is 6.07 Å². The third kappa shape index (κ3) is 2.22. The van der Waals surface area contributed by atoms with Crippen LogP contribution >= 0.6 is 0 Å². The van der Waals surface area contributed by atoms with Crippen LogP contribution < -0.4 is 2.81 Å². The summed E-state index contributed by atoms with van der Waals surface area (Å²) in [6, 6.07) is 19.2. The first-order valence-electron chi connectivity index (χ1n) is 4.48. The molecule has 0 nitrogen and oxygen atoms in total. The van der Waals surface area contributed by atoms with Gasteiger partial charge >= 0.3 is 96.5 Å². The molecule has 0 saturated carbocycles. The number of rotatable bonds is 1. The molecule has 0 saturated heterocycles. The first kappa shape index (κ1) is 9.01. The fourth-order valence-corrected chi connectivity index (χ4v) is 1.96. The summed E-state index contributed by atoms with van der Waals surface area (Å²) >= 11 is 1.12. The van der Waals surface area contributed by atoms with Crippen LogP contribution in [-0.4, -0.2) is 27.9 Å². The summed E-state index contributed by atoms with van der Waals surface area (Å²) in [5.74, 6) is 0. The van der Waals surface area contributed by atoms with Gasteiger partial charge in [0.15, 0.2) is 0 Å². The molecule has 0 N–H and O–H groups in total. The van der Waals surface area contributed by atoms with Gasteiger partial charge in [0.25, 0.3) is 0 Å². The SMILES string of the molecule is [Na][c]1cccc(-c2ccccc2)c1. The predicted molar refractivity (Wildman–Crippen MR) is 57.3 cm³/mol. The summed E-state index contributed by atoms with van der Waals surface area (Å²) in [6.07, 6.45) is 0. The zero-order valence-electron chi connectivity index (χ0n) is 7.70. The van der Waals surface area contributed by atoms with Crippen molar-refractivity contribution in [1.29, 1.82) is 0 Å². The Balaban J connectivity index is 2.48. The maximum atomic E-state index is 2.27. The Labute approximate surface area is 96.0 Å². The number of hydrogen-bond acceptors (Lipinski definition) is 0. The maximum absolute atomic E-state index is 2.27. The molecule has 0 aliphatic rings. The van der Waals surface area contributed by atoms with E-state index in [0.717, 1.165) is 27.9 Å². The molecule has 0 heterocycles. The van der Waals surface area contributed by atoms with Crippen LogP contribution in [0.2, 0.25) is 0 Å². The normalized spacial score (nSPS) is 10.0. The second kappa shape index (κ2) is 4.10. The molecule has 2 aromatic carbocycles. The van der Waals surface area contributed by atoms with E-state index in [9.17, 15) is 0 Å². The van der Waals surface area contributed by atoms with E-state index in [1.54, 1.807) is 0 Å². The first-order valence-corrected chi connectivity index (χ1v) is 5.48. The minimum atomic E-state index is 1.12. The monoisotopic (exact) mass is 176 g/mol. The van der Waals surface area contributed by atoms with Crippen LogP contribution in [0.5, 0.6) is 0 Å². The molecule has 1 heteroatoms. The average Bonchev–Trinajstić information content (AvgIpc) is 2.19. The van der Waals surface area contributed by atoms with E-state index >= 15 is 0 Å². The van der Waals surface area contributed by atoms with Crippen LogP contribution in [0.3, 0.4) is 0 Å². The third-order valence-electron chi connectivity index (χ3n) is 2.13. The molecule has 0 atom stereocenters. The number of hydrogen-bond donors (Lipinski definition) is 0. The molecule has 58 valence electrons. The number of benzene rings is 2. The summed E-state index contributed by atoms with van der Waals surface area (Å²) in [6.45, 7) is 0. The predicted octanol–water partition coefficient (Wildman–Crippen LogP) is 2.15. The summed E-state index contributed by atoms with van der Waals surface area (Å²) in [5, 5.41) is 0. The van der Waals surface area contributed by atoms with Gasteiger partial charge in [0.2, 0.25) is 0 Å². The van der Waals surface area contributed by atoms with Gasteiger partial charge in [-0.2, -0.15) is 0 Å². The molecule has 0 bridgehead atoms. The Bertz CT molecular complexity index is 393. The molecule has 0 amide bonds. The van der Waals surface area contributed by atoms with Crippen molar-refractivity contribution >= 4 is 30.7 Å². The second-order valence-electron chi connectivity index (χ2n) is 3.24. The Morgan fingerprint density at radius 3 is 2.08 bits per heavy atom. The van der Waals surface area contributed by atoms with Crippen LogP contribution in [0.15, 0.2) is 54.6 Å². The molecule has 0 aliphatic carbocycles. The van der Waals surface area contributed by atoms with Crippen LogP contribution in [0.1, 0.15) is 0 Å². The molecule has 0 aromatic heterocycles. The van der Waals surface area contributed by atoms with E-state index in [1.165, 1.54) is 13.9 Å². The molecule has 0 radical (unpaired) electrons. The van der Waals surface area contributed by atoms with Gasteiger partial charge in [-0.1, -0.05) is 0 Å². The topological polar surface area (TPSA) is 0 Å². The average molecular weight is 176 g/mol. The van der Waals surface area contributed by atoms with Crippen LogP contribution in [-0.2, 0) is 0 Å². The van der Waals surface area contributed by atoms with Crippen molar-refractivity contribution in [2.45, 2.75) is 0 Å². The fourth-order valence-electron chi connectivity index (χ4n) is 1.46. The quantitative estimate of drug-likeness (QED) is 0.584. The van der Waals surface area contributed by atoms with Gasteiger partial charge < -0.3 is 0 Å². The van der Waals surface area contributed by atoms with Crippen molar-refractivity contribution in [2.24, 2.45) is 0 Å². The van der Waals surface area contributed by atoms with E-state index in [0.29, 0.717) is 0 Å². The molecule has 0 fully saturated rings. The Hall–Kier alpha value is -0.560. The molecule has 2 aromatic rings. The van der Waals surface area contributed by atoms with Gasteiger partial charge in [-0.3, -0.25) is 0 Å². The standard InChI is InChI=1S/C12H9.Na/c1-3-7-11(8-4-1)12-9-5-2-6-10-12;/h1-5,7-10H;. The van der Waals surface area contributed by atoms with E-state index < -0.39 is 0 Å². The van der Waals surface area contributed by atoms with Gasteiger partial charge in [0, 0.05) is 0 Å². The molecule has 0 aliphatic heterocycles. The molecular formula is C12H9Na. The van der Waals surface area contributed by atoms with E-state index in [-0.39, 0.29) is 0 Å². The van der Waals surface area contributed by atoms with Crippen molar-refractivity contribution in [2.75, 3.05) is 0 Å².